The lowest BCUT2D eigenvalue weighted by molar-refractivity contribution is -0.130. The van der Waals surface area contributed by atoms with Crippen molar-refractivity contribution in [3.63, 3.8) is 0 Å². The number of benzene rings is 2. The summed E-state index contributed by atoms with van der Waals surface area (Å²) in [6, 6.07) is 15.3. The van der Waals surface area contributed by atoms with Crippen molar-refractivity contribution in [2.45, 2.75) is 43.9 Å². The minimum absolute atomic E-state index is 0.000788. The van der Waals surface area contributed by atoms with E-state index in [2.05, 4.69) is 5.32 Å². The van der Waals surface area contributed by atoms with Gasteiger partial charge in [0.15, 0.2) is 9.84 Å². The Bertz CT molecular complexity index is 1110. The van der Waals surface area contributed by atoms with Crippen molar-refractivity contribution in [3.05, 3.63) is 60.2 Å². The second-order valence-electron chi connectivity index (χ2n) is 9.38. The van der Waals surface area contributed by atoms with Gasteiger partial charge in [0.05, 0.1) is 12.2 Å². The van der Waals surface area contributed by atoms with E-state index in [1.165, 1.54) is 4.90 Å². The Balaban J connectivity index is 1.94. The molecule has 0 aliphatic carbocycles. The van der Waals surface area contributed by atoms with E-state index in [1.54, 1.807) is 41.9 Å². The first-order valence-corrected chi connectivity index (χ1v) is 12.7. The van der Waals surface area contributed by atoms with E-state index in [1.807, 2.05) is 39.0 Å². The highest BCUT2D eigenvalue weighted by Crippen LogP contribution is 2.41. The first kappa shape index (κ1) is 25.5. The van der Waals surface area contributed by atoms with E-state index in [0.717, 1.165) is 0 Å². The number of nitrogens with one attached hydrogen (secondary N) is 2. The SMILES string of the molecule is CC(C)(C)NC(=O)N1CCC(CC(=O)NO)(c2ccc(Oc3ccccc3)cc2)S(=O)(=O)CC1. The molecule has 0 spiro atoms. The molecule has 3 N–H and O–H groups in total. The van der Waals surface area contributed by atoms with Crippen molar-refractivity contribution >= 4 is 21.8 Å². The van der Waals surface area contributed by atoms with Gasteiger partial charge in [-0.05, 0) is 57.0 Å². The average molecular weight is 490 g/mol. The summed E-state index contributed by atoms with van der Waals surface area (Å²) in [7, 11) is -3.90. The normalized spacial score (nSPS) is 20.2. The lowest BCUT2D eigenvalue weighted by Crippen LogP contribution is -2.49. The smallest absolute Gasteiger partial charge is 0.317 e. The van der Waals surface area contributed by atoms with Gasteiger partial charge in [0.2, 0.25) is 5.91 Å². The van der Waals surface area contributed by atoms with E-state index >= 15 is 0 Å². The predicted molar refractivity (Wildman–Crippen MR) is 127 cm³/mol. The van der Waals surface area contributed by atoms with Crippen LogP contribution in [-0.4, -0.2) is 54.8 Å². The van der Waals surface area contributed by atoms with Crippen molar-refractivity contribution in [3.8, 4) is 11.5 Å². The average Bonchev–Trinajstić information content (AvgIpc) is 2.90. The number of para-hydroxylation sites is 1. The van der Waals surface area contributed by atoms with E-state index < -0.39 is 32.5 Å². The summed E-state index contributed by atoms with van der Waals surface area (Å²) in [4.78, 5) is 26.4. The third kappa shape index (κ3) is 5.87. The molecule has 1 heterocycles. The monoisotopic (exact) mass is 489 g/mol. The minimum atomic E-state index is -3.90. The molecule has 34 heavy (non-hydrogen) atoms. The maximum absolute atomic E-state index is 13.6. The highest BCUT2D eigenvalue weighted by atomic mass is 32.2. The summed E-state index contributed by atoms with van der Waals surface area (Å²) >= 11 is 0. The summed E-state index contributed by atoms with van der Waals surface area (Å²) in [6.45, 7) is 5.65. The molecule has 0 radical (unpaired) electrons. The Morgan fingerprint density at radius 1 is 1.03 bits per heavy atom. The van der Waals surface area contributed by atoms with Gasteiger partial charge in [-0.3, -0.25) is 10.0 Å². The van der Waals surface area contributed by atoms with Gasteiger partial charge in [-0.25, -0.2) is 18.7 Å². The highest BCUT2D eigenvalue weighted by Gasteiger charge is 2.49. The zero-order chi connectivity index (χ0) is 25.0. The number of carbonyl (C=O) groups is 2. The second-order valence-corrected chi connectivity index (χ2v) is 11.8. The number of rotatable bonds is 5. The fraction of sp³-hybridized carbons (Fsp3) is 0.417. The molecular formula is C24H31N3O6S. The molecule has 1 aliphatic rings. The van der Waals surface area contributed by atoms with Gasteiger partial charge in [-0.1, -0.05) is 30.3 Å². The fourth-order valence-electron chi connectivity index (χ4n) is 3.99. The zero-order valence-corrected chi connectivity index (χ0v) is 20.4. The molecule has 0 aromatic heterocycles. The van der Waals surface area contributed by atoms with Crippen molar-refractivity contribution < 1.29 is 28.0 Å². The van der Waals surface area contributed by atoms with Gasteiger partial charge in [0.25, 0.3) is 0 Å². The van der Waals surface area contributed by atoms with Crippen LogP contribution in [0.2, 0.25) is 0 Å². The molecule has 1 unspecified atom stereocenters. The fourth-order valence-corrected chi connectivity index (χ4v) is 6.09. The van der Waals surface area contributed by atoms with Crippen LogP contribution in [0.3, 0.4) is 0 Å². The van der Waals surface area contributed by atoms with E-state index in [-0.39, 0.29) is 31.3 Å². The van der Waals surface area contributed by atoms with Crippen LogP contribution in [0.1, 0.15) is 39.2 Å². The van der Waals surface area contributed by atoms with Crippen LogP contribution in [-0.2, 0) is 19.4 Å². The molecule has 2 aromatic rings. The molecular weight excluding hydrogens is 458 g/mol. The first-order valence-electron chi connectivity index (χ1n) is 11.0. The molecule has 2 aromatic carbocycles. The number of carbonyl (C=O) groups excluding carboxylic acids is 2. The Morgan fingerprint density at radius 3 is 2.24 bits per heavy atom. The van der Waals surface area contributed by atoms with Crippen LogP contribution in [0.15, 0.2) is 54.6 Å². The maximum atomic E-state index is 13.6. The largest absolute Gasteiger partial charge is 0.457 e. The van der Waals surface area contributed by atoms with E-state index in [4.69, 9.17) is 9.94 Å². The van der Waals surface area contributed by atoms with Crippen LogP contribution in [0.5, 0.6) is 11.5 Å². The summed E-state index contributed by atoms with van der Waals surface area (Å²) in [5, 5.41) is 12.0. The molecule has 1 saturated heterocycles. The molecule has 1 fully saturated rings. The summed E-state index contributed by atoms with van der Waals surface area (Å²) < 4.78 is 31.3. The van der Waals surface area contributed by atoms with E-state index in [0.29, 0.717) is 17.1 Å². The van der Waals surface area contributed by atoms with Gasteiger partial charge in [0.1, 0.15) is 16.2 Å². The maximum Gasteiger partial charge on any atom is 0.317 e. The molecule has 10 heteroatoms. The van der Waals surface area contributed by atoms with E-state index in [9.17, 15) is 18.0 Å². The topological polar surface area (TPSA) is 125 Å². The van der Waals surface area contributed by atoms with Crippen molar-refractivity contribution in [2.24, 2.45) is 0 Å². The molecule has 9 nitrogen and oxygen atoms in total. The summed E-state index contributed by atoms with van der Waals surface area (Å²) in [5.74, 6) is 0.00726. The Labute approximate surface area is 200 Å². The van der Waals surface area contributed by atoms with Gasteiger partial charge in [-0.2, -0.15) is 0 Å². The Morgan fingerprint density at radius 2 is 1.65 bits per heavy atom. The zero-order valence-electron chi connectivity index (χ0n) is 19.6. The number of nitrogens with zero attached hydrogens (tertiary/aromatic N) is 1. The van der Waals surface area contributed by atoms with Crippen LogP contribution in [0.4, 0.5) is 4.79 Å². The molecule has 1 atom stereocenters. The highest BCUT2D eigenvalue weighted by molar-refractivity contribution is 7.92. The number of urea groups is 1. The summed E-state index contributed by atoms with van der Waals surface area (Å²) in [6.07, 6.45) is -0.474. The van der Waals surface area contributed by atoms with Crippen molar-refractivity contribution in [1.29, 1.82) is 0 Å². The standard InChI is InChI=1S/C24H31N3O6S/c1-23(2,3)25-22(29)27-14-13-24(17-21(28)26-30,34(31,32)16-15-27)18-9-11-20(12-10-18)33-19-7-5-4-6-8-19/h4-12,30H,13-17H2,1-3H3,(H,25,29)(H,26,28). The predicted octanol–water partition coefficient (Wildman–Crippen LogP) is 3.20. The number of hydrogen-bond donors (Lipinski definition) is 3. The Hall–Kier alpha value is -3.11. The van der Waals surface area contributed by atoms with Crippen LogP contribution < -0.4 is 15.5 Å². The van der Waals surface area contributed by atoms with Crippen molar-refractivity contribution in [1.82, 2.24) is 15.7 Å². The number of sulfone groups is 1. The lowest BCUT2D eigenvalue weighted by atomic mass is 9.90. The number of hydroxylamine groups is 1. The first-order chi connectivity index (χ1) is 16.0. The minimum Gasteiger partial charge on any atom is -0.457 e. The van der Waals surface area contributed by atoms with Gasteiger partial charge < -0.3 is 15.0 Å². The molecule has 0 saturated carbocycles. The second kappa shape index (κ2) is 10.0. The Kier molecular flexibility index (Phi) is 7.52. The number of amides is 3. The van der Waals surface area contributed by atoms with Gasteiger partial charge >= 0.3 is 6.03 Å². The lowest BCUT2D eigenvalue weighted by Gasteiger charge is -2.32. The number of hydrogen-bond acceptors (Lipinski definition) is 6. The molecule has 3 rings (SSSR count). The molecule has 3 amide bonds. The van der Waals surface area contributed by atoms with Crippen LogP contribution in [0.25, 0.3) is 0 Å². The van der Waals surface area contributed by atoms with Crippen LogP contribution in [0, 0.1) is 0 Å². The molecule has 0 bridgehead atoms. The van der Waals surface area contributed by atoms with Crippen LogP contribution >= 0.6 is 0 Å². The van der Waals surface area contributed by atoms with Gasteiger partial charge in [-0.15, -0.1) is 0 Å². The third-order valence-electron chi connectivity index (χ3n) is 5.71. The van der Waals surface area contributed by atoms with Crippen molar-refractivity contribution in [2.75, 3.05) is 18.8 Å². The van der Waals surface area contributed by atoms with Gasteiger partial charge in [0, 0.05) is 18.6 Å². The molecule has 1 aliphatic heterocycles. The molecule has 184 valence electrons. The number of ether oxygens (including phenoxy) is 1. The third-order valence-corrected chi connectivity index (χ3v) is 8.20. The summed E-state index contributed by atoms with van der Waals surface area (Å²) in [5.41, 5.74) is 1.47. The quantitative estimate of drug-likeness (QED) is 0.438.